The standard InChI is InChI=1S/C15H21NO5/c1-15(2,14(19)16-8-7-13(17)18)10-5-6-11(20-3)12(9-10)21-4/h5-6,9H,7-8H2,1-4H3,(H,16,19)(H,17,18). The number of benzene rings is 1. The summed E-state index contributed by atoms with van der Waals surface area (Å²) in [5.41, 5.74) is -0.0501. The van der Waals surface area contributed by atoms with E-state index in [0.717, 1.165) is 5.56 Å². The van der Waals surface area contributed by atoms with E-state index in [-0.39, 0.29) is 18.9 Å². The Morgan fingerprint density at radius 1 is 1.19 bits per heavy atom. The summed E-state index contributed by atoms with van der Waals surface area (Å²) < 4.78 is 10.4. The Hall–Kier alpha value is -2.24. The number of nitrogens with one attached hydrogen (secondary N) is 1. The maximum atomic E-state index is 12.2. The normalized spacial score (nSPS) is 10.9. The number of carbonyl (C=O) groups excluding carboxylic acids is 1. The van der Waals surface area contributed by atoms with Crippen LogP contribution in [0.1, 0.15) is 25.8 Å². The molecule has 6 heteroatoms. The van der Waals surface area contributed by atoms with E-state index >= 15 is 0 Å². The summed E-state index contributed by atoms with van der Waals surface area (Å²) in [6, 6.07) is 5.27. The highest BCUT2D eigenvalue weighted by Crippen LogP contribution is 2.33. The fourth-order valence-corrected chi connectivity index (χ4v) is 1.86. The van der Waals surface area contributed by atoms with Gasteiger partial charge < -0.3 is 19.9 Å². The van der Waals surface area contributed by atoms with Crippen LogP contribution in [0, 0.1) is 0 Å². The van der Waals surface area contributed by atoms with Crippen LogP contribution in [0.4, 0.5) is 0 Å². The van der Waals surface area contributed by atoms with Gasteiger partial charge in [0.2, 0.25) is 5.91 Å². The van der Waals surface area contributed by atoms with Crippen LogP contribution < -0.4 is 14.8 Å². The predicted octanol–water partition coefficient (Wildman–Crippen LogP) is 1.57. The number of hydrogen-bond donors (Lipinski definition) is 2. The van der Waals surface area contributed by atoms with Crippen LogP contribution >= 0.6 is 0 Å². The van der Waals surface area contributed by atoms with Crippen molar-refractivity contribution in [3.05, 3.63) is 23.8 Å². The van der Waals surface area contributed by atoms with Crippen molar-refractivity contribution < 1.29 is 24.2 Å². The van der Waals surface area contributed by atoms with Gasteiger partial charge in [0.05, 0.1) is 26.1 Å². The molecule has 0 saturated carbocycles. The zero-order valence-corrected chi connectivity index (χ0v) is 12.7. The minimum atomic E-state index is -0.945. The molecule has 116 valence electrons. The number of aliphatic carboxylic acids is 1. The molecule has 0 bridgehead atoms. The summed E-state index contributed by atoms with van der Waals surface area (Å²) in [5, 5.41) is 11.2. The lowest BCUT2D eigenvalue weighted by Crippen LogP contribution is -2.40. The van der Waals surface area contributed by atoms with Crippen LogP contribution in [0.15, 0.2) is 18.2 Å². The fourth-order valence-electron chi connectivity index (χ4n) is 1.86. The highest BCUT2D eigenvalue weighted by Gasteiger charge is 2.30. The molecular formula is C15H21NO5. The Labute approximate surface area is 124 Å². The number of rotatable bonds is 7. The van der Waals surface area contributed by atoms with Crippen molar-refractivity contribution in [1.82, 2.24) is 5.32 Å². The Kier molecular flexibility index (Phi) is 5.58. The molecule has 0 aliphatic rings. The van der Waals surface area contributed by atoms with Crippen LogP contribution in [0.5, 0.6) is 11.5 Å². The van der Waals surface area contributed by atoms with Gasteiger partial charge in [0.25, 0.3) is 0 Å². The first-order valence-corrected chi connectivity index (χ1v) is 6.55. The van der Waals surface area contributed by atoms with Crippen molar-refractivity contribution in [1.29, 1.82) is 0 Å². The summed E-state index contributed by atoms with van der Waals surface area (Å²) in [6.07, 6.45) is -0.103. The maximum absolute atomic E-state index is 12.2. The molecule has 0 spiro atoms. The largest absolute Gasteiger partial charge is 0.493 e. The molecule has 0 unspecified atom stereocenters. The molecular weight excluding hydrogens is 274 g/mol. The van der Waals surface area contributed by atoms with E-state index < -0.39 is 11.4 Å². The van der Waals surface area contributed by atoms with Gasteiger partial charge in [-0.25, -0.2) is 0 Å². The van der Waals surface area contributed by atoms with E-state index in [0.29, 0.717) is 11.5 Å². The third-order valence-electron chi connectivity index (χ3n) is 3.30. The molecule has 0 radical (unpaired) electrons. The maximum Gasteiger partial charge on any atom is 0.305 e. The number of amides is 1. The number of ether oxygens (including phenoxy) is 2. The highest BCUT2D eigenvalue weighted by atomic mass is 16.5. The number of carboxylic acid groups (broad SMARTS) is 1. The van der Waals surface area contributed by atoms with Crippen LogP contribution in [-0.4, -0.2) is 37.7 Å². The van der Waals surface area contributed by atoms with Crippen molar-refractivity contribution in [2.24, 2.45) is 0 Å². The van der Waals surface area contributed by atoms with Gasteiger partial charge in [-0.1, -0.05) is 6.07 Å². The van der Waals surface area contributed by atoms with Gasteiger partial charge in [-0.3, -0.25) is 9.59 Å². The van der Waals surface area contributed by atoms with Gasteiger partial charge in [-0.2, -0.15) is 0 Å². The molecule has 0 aliphatic carbocycles. The minimum Gasteiger partial charge on any atom is -0.493 e. The molecule has 1 aromatic rings. The molecule has 0 aromatic heterocycles. The first-order valence-electron chi connectivity index (χ1n) is 6.55. The molecule has 1 aromatic carbocycles. The van der Waals surface area contributed by atoms with Gasteiger partial charge in [-0.05, 0) is 31.5 Å². The number of carboxylic acids is 1. The molecule has 0 saturated heterocycles. The molecule has 0 fully saturated rings. The summed E-state index contributed by atoms with van der Waals surface area (Å²) >= 11 is 0. The quantitative estimate of drug-likeness (QED) is 0.797. The van der Waals surface area contributed by atoms with Crippen LogP contribution in [0.25, 0.3) is 0 Å². The lowest BCUT2D eigenvalue weighted by Gasteiger charge is -2.25. The van der Waals surface area contributed by atoms with Crippen molar-refractivity contribution in [2.45, 2.75) is 25.7 Å². The second-order valence-corrected chi connectivity index (χ2v) is 5.09. The average Bonchev–Trinajstić information content (AvgIpc) is 2.45. The Morgan fingerprint density at radius 2 is 1.81 bits per heavy atom. The Balaban J connectivity index is 2.90. The Bertz CT molecular complexity index is 525. The molecule has 0 heterocycles. The average molecular weight is 295 g/mol. The predicted molar refractivity (Wildman–Crippen MR) is 77.8 cm³/mol. The molecule has 0 atom stereocenters. The van der Waals surface area contributed by atoms with E-state index in [1.807, 2.05) is 0 Å². The van der Waals surface area contributed by atoms with E-state index in [9.17, 15) is 9.59 Å². The van der Waals surface area contributed by atoms with E-state index in [1.165, 1.54) is 7.11 Å². The van der Waals surface area contributed by atoms with Crippen LogP contribution in [0.3, 0.4) is 0 Å². The smallest absolute Gasteiger partial charge is 0.305 e. The molecule has 21 heavy (non-hydrogen) atoms. The van der Waals surface area contributed by atoms with Crippen molar-refractivity contribution in [2.75, 3.05) is 20.8 Å². The van der Waals surface area contributed by atoms with E-state index in [1.54, 1.807) is 39.2 Å². The topological polar surface area (TPSA) is 84.9 Å². The van der Waals surface area contributed by atoms with Gasteiger partial charge in [0.1, 0.15) is 0 Å². The summed E-state index contributed by atoms with van der Waals surface area (Å²) in [5.74, 6) is -0.0556. The molecule has 6 nitrogen and oxygen atoms in total. The zero-order chi connectivity index (χ0) is 16.0. The molecule has 2 N–H and O–H groups in total. The van der Waals surface area contributed by atoms with Gasteiger partial charge in [0, 0.05) is 6.54 Å². The SMILES string of the molecule is COc1ccc(C(C)(C)C(=O)NCCC(=O)O)cc1OC. The second kappa shape index (κ2) is 6.97. The lowest BCUT2D eigenvalue weighted by atomic mass is 9.83. The first kappa shape index (κ1) is 16.8. The Morgan fingerprint density at radius 3 is 2.33 bits per heavy atom. The van der Waals surface area contributed by atoms with Gasteiger partial charge in [-0.15, -0.1) is 0 Å². The van der Waals surface area contributed by atoms with Crippen molar-refractivity contribution in [3.8, 4) is 11.5 Å². The van der Waals surface area contributed by atoms with Crippen LogP contribution in [-0.2, 0) is 15.0 Å². The number of methoxy groups -OCH3 is 2. The van der Waals surface area contributed by atoms with E-state index in [4.69, 9.17) is 14.6 Å². The highest BCUT2D eigenvalue weighted by molar-refractivity contribution is 5.87. The third-order valence-corrected chi connectivity index (χ3v) is 3.30. The molecule has 0 aliphatic heterocycles. The monoisotopic (exact) mass is 295 g/mol. The molecule has 1 rings (SSSR count). The third kappa shape index (κ3) is 4.11. The first-order chi connectivity index (χ1) is 9.82. The van der Waals surface area contributed by atoms with Crippen molar-refractivity contribution >= 4 is 11.9 Å². The molecule has 1 amide bonds. The number of carbonyl (C=O) groups is 2. The second-order valence-electron chi connectivity index (χ2n) is 5.09. The zero-order valence-electron chi connectivity index (χ0n) is 12.7. The summed E-state index contributed by atoms with van der Waals surface area (Å²) in [6.45, 7) is 3.64. The summed E-state index contributed by atoms with van der Waals surface area (Å²) in [4.78, 5) is 22.7. The van der Waals surface area contributed by atoms with Crippen molar-refractivity contribution in [3.63, 3.8) is 0 Å². The lowest BCUT2D eigenvalue weighted by molar-refractivity contribution is -0.137. The minimum absolute atomic E-state index is 0.102. The van der Waals surface area contributed by atoms with E-state index in [2.05, 4.69) is 5.32 Å². The van der Waals surface area contributed by atoms with Crippen LogP contribution in [0.2, 0.25) is 0 Å². The van der Waals surface area contributed by atoms with Gasteiger partial charge in [0.15, 0.2) is 11.5 Å². The number of hydrogen-bond acceptors (Lipinski definition) is 4. The fraction of sp³-hybridized carbons (Fsp3) is 0.467. The van der Waals surface area contributed by atoms with Gasteiger partial charge >= 0.3 is 5.97 Å². The summed E-state index contributed by atoms with van der Waals surface area (Å²) in [7, 11) is 3.07.